The molecule has 0 spiro atoms. The highest BCUT2D eigenvalue weighted by Crippen LogP contribution is 2.14. The number of rotatable bonds is 8. The van der Waals surface area contributed by atoms with Crippen molar-refractivity contribution in [3.05, 3.63) is 0 Å². The van der Waals surface area contributed by atoms with Crippen molar-refractivity contribution in [1.29, 1.82) is 0 Å². The topological polar surface area (TPSA) is 66.5 Å². The summed E-state index contributed by atoms with van der Waals surface area (Å²) in [4.78, 5) is 14.3. The number of carbonyl (C=O) groups excluding carboxylic acids is 1. The van der Waals surface area contributed by atoms with Crippen LogP contribution in [0.25, 0.3) is 0 Å². The lowest BCUT2D eigenvalue weighted by Crippen LogP contribution is -2.46. The molecular formula is C15H30N2O3S. The highest BCUT2D eigenvalue weighted by Gasteiger charge is 2.25. The van der Waals surface area contributed by atoms with Gasteiger partial charge in [-0.2, -0.15) is 0 Å². The third-order valence-corrected chi connectivity index (χ3v) is 5.75. The van der Waals surface area contributed by atoms with Crippen LogP contribution in [0.3, 0.4) is 0 Å². The van der Waals surface area contributed by atoms with Crippen LogP contribution in [0, 0.1) is 5.92 Å². The smallest absolute Gasteiger partial charge is 0.223 e. The number of sulfone groups is 1. The lowest BCUT2D eigenvalue weighted by atomic mass is 10.0. The van der Waals surface area contributed by atoms with Crippen LogP contribution in [0.5, 0.6) is 0 Å². The third-order valence-electron chi connectivity index (χ3n) is 3.75. The second-order valence-corrected chi connectivity index (χ2v) is 8.56. The summed E-state index contributed by atoms with van der Waals surface area (Å²) in [6.07, 6.45) is 2.96. The number of hydrogen-bond donors (Lipinski definition) is 1. The summed E-state index contributed by atoms with van der Waals surface area (Å²) < 4.78 is 23.8. The van der Waals surface area contributed by atoms with Crippen molar-refractivity contribution in [1.82, 2.24) is 10.2 Å². The maximum atomic E-state index is 12.4. The van der Waals surface area contributed by atoms with Crippen LogP contribution in [0.1, 0.15) is 46.5 Å². The summed E-state index contributed by atoms with van der Waals surface area (Å²) in [6.45, 7) is 8.42. The van der Waals surface area contributed by atoms with Crippen LogP contribution in [-0.2, 0) is 14.6 Å². The van der Waals surface area contributed by atoms with E-state index >= 15 is 0 Å². The van der Waals surface area contributed by atoms with Gasteiger partial charge in [-0.1, -0.05) is 20.8 Å². The van der Waals surface area contributed by atoms with E-state index in [-0.39, 0.29) is 35.8 Å². The van der Waals surface area contributed by atoms with Gasteiger partial charge in [-0.05, 0) is 38.3 Å². The molecular weight excluding hydrogens is 288 g/mol. The largest absolute Gasteiger partial charge is 0.340 e. The van der Waals surface area contributed by atoms with Gasteiger partial charge in [-0.25, -0.2) is 8.42 Å². The van der Waals surface area contributed by atoms with Crippen molar-refractivity contribution < 1.29 is 13.2 Å². The Morgan fingerprint density at radius 3 is 2.43 bits per heavy atom. The van der Waals surface area contributed by atoms with Crippen LogP contribution >= 0.6 is 0 Å². The molecule has 0 saturated carbocycles. The molecule has 0 unspecified atom stereocenters. The average Bonchev–Trinajstić information content (AvgIpc) is 2.42. The first kappa shape index (κ1) is 18.4. The summed E-state index contributed by atoms with van der Waals surface area (Å²) in [6, 6.07) is 0.270. The highest BCUT2D eigenvalue weighted by atomic mass is 32.2. The summed E-state index contributed by atoms with van der Waals surface area (Å²) in [5.74, 6) is 0.258. The van der Waals surface area contributed by atoms with E-state index in [1.165, 1.54) is 0 Å². The normalized spacial score (nSPS) is 17.1. The predicted octanol–water partition coefficient (Wildman–Crippen LogP) is 1.44. The van der Waals surface area contributed by atoms with E-state index in [0.29, 0.717) is 0 Å². The Labute approximate surface area is 129 Å². The first-order chi connectivity index (χ1) is 9.85. The van der Waals surface area contributed by atoms with Gasteiger partial charge in [0.25, 0.3) is 0 Å². The lowest BCUT2D eigenvalue weighted by molar-refractivity contribution is -0.133. The van der Waals surface area contributed by atoms with Crippen LogP contribution in [0.2, 0.25) is 0 Å². The van der Waals surface area contributed by atoms with E-state index in [1.807, 2.05) is 18.7 Å². The summed E-state index contributed by atoms with van der Waals surface area (Å²) >= 11 is 0. The van der Waals surface area contributed by atoms with Gasteiger partial charge in [-0.3, -0.25) is 4.79 Å². The van der Waals surface area contributed by atoms with Gasteiger partial charge >= 0.3 is 0 Å². The van der Waals surface area contributed by atoms with Gasteiger partial charge in [0.15, 0.2) is 9.84 Å². The van der Waals surface area contributed by atoms with Gasteiger partial charge in [0.05, 0.1) is 11.5 Å². The maximum Gasteiger partial charge on any atom is 0.223 e. The molecule has 1 fully saturated rings. The molecule has 1 aliphatic rings. The first-order valence-corrected chi connectivity index (χ1v) is 9.88. The Kier molecular flexibility index (Phi) is 7.66. The van der Waals surface area contributed by atoms with Crippen molar-refractivity contribution in [2.45, 2.75) is 52.5 Å². The molecule has 1 rings (SSSR count). The Morgan fingerprint density at radius 2 is 1.90 bits per heavy atom. The van der Waals surface area contributed by atoms with E-state index in [4.69, 9.17) is 0 Å². The van der Waals surface area contributed by atoms with Gasteiger partial charge in [-0.15, -0.1) is 0 Å². The molecule has 0 aromatic carbocycles. The van der Waals surface area contributed by atoms with Gasteiger partial charge in [0.2, 0.25) is 5.91 Å². The molecule has 1 amide bonds. The molecule has 1 heterocycles. The van der Waals surface area contributed by atoms with E-state index in [9.17, 15) is 13.2 Å². The minimum atomic E-state index is -3.11. The standard InChI is InChI=1S/C15H30N2O3S/c1-4-10-17(14-5-8-16-9-6-14)15(18)7-11-21(19,20)12-13(2)3/h13-14,16H,4-12H2,1-3H3. The zero-order valence-corrected chi connectivity index (χ0v) is 14.4. The van der Waals surface area contributed by atoms with Gasteiger partial charge in [0.1, 0.15) is 0 Å². The molecule has 0 aromatic heterocycles. The van der Waals surface area contributed by atoms with Crippen molar-refractivity contribution in [3.63, 3.8) is 0 Å². The molecule has 0 atom stereocenters. The molecule has 1 saturated heterocycles. The number of nitrogens with one attached hydrogen (secondary N) is 1. The SMILES string of the molecule is CCCN(C(=O)CCS(=O)(=O)CC(C)C)C1CCNCC1. The van der Waals surface area contributed by atoms with Crippen LogP contribution in [0.4, 0.5) is 0 Å². The number of piperidine rings is 1. The molecule has 0 aromatic rings. The molecule has 1 aliphatic heterocycles. The quantitative estimate of drug-likeness (QED) is 0.735. The van der Waals surface area contributed by atoms with Crippen LogP contribution < -0.4 is 5.32 Å². The first-order valence-electron chi connectivity index (χ1n) is 8.06. The lowest BCUT2D eigenvalue weighted by Gasteiger charge is -2.34. The molecule has 0 bridgehead atoms. The van der Waals surface area contributed by atoms with Crippen molar-refractivity contribution in [2.75, 3.05) is 31.1 Å². The van der Waals surface area contributed by atoms with E-state index < -0.39 is 9.84 Å². The fourth-order valence-corrected chi connectivity index (χ4v) is 4.52. The summed E-state index contributed by atoms with van der Waals surface area (Å²) in [7, 11) is -3.11. The Balaban J connectivity index is 2.56. The number of nitrogens with zero attached hydrogens (tertiary/aromatic N) is 1. The molecule has 6 heteroatoms. The number of hydrogen-bond acceptors (Lipinski definition) is 4. The van der Waals surface area contributed by atoms with Gasteiger partial charge < -0.3 is 10.2 Å². The molecule has 0 radical (unpaired) electrons. The van der Waals surface area contributed by atoms with E-state index in [0.717, 1.165) is 38.9 Å². The van der Waals surface area contributed by atoms with Gasteiger partial charge in [0, 0.05) is 19.0 Å². The molecule has 1 N–H and O–H groups in total. The minimum Gasteiger partial charge on any atom is -0.340 e. The minimum absolute atomic E-state index is 0.00363. The third kappa shape index (κ3) is 6.78. The fraction of sp³-hybridized carbons (Fsp3) is 0.933. The highest BCUT2D eigenvalue weighted by molar-refractivity contribution is 7.91. The number of carbonyl (C=O) groups is 1. The van der Waals surface area contributed by atoms with Crippen molar-refractivity contribution in [2.24, 2.45) is 5.92 Å². The maximum absolute atomic E-state index is 12.4. The van der Waals surface area contributed by atoms with E-state index in [1.54, 1.807) is 0 Å². The molecule has 0 aliphatic carbocycles. The van der Waals surface area contributed by atoms with E-state index in [2.05, 4.69) is 12.2 Å². The fourth-order valence-electron chi connectivity index (χ4n) is 2.85. The summed E-state index contributed by atoms with van der Waals surface area (Å²) in [5, 5.41) is 3.29. The molecule has 124 valence electrons. The summed E-state index contributed by atoms with van der Waals surface area (Å²) in [5.41, 5.74) is 0. The Hall–Kier alpha value is -0.620. The zero-order valence-electron chi connectivity index (χ0n) is 13.6. The monoisotopic (exact) mass is 318 g/mol. The van der Waals surface area contributed by atoms with Crippen molar-refractivity contribution >= 4 is 15.7 Å². The Bertz CT molecular complexity index is 415. The van der Waals surface area contributed by atoms with Crippen LogP contribution in [-0.4, -0.2) is 56.4 Å². The zero-order chi connectivity index (χ0) is 15.9. The second kappa shape index (κ2) is 8.73. The average molecular weight is 318 g/mol. The number of amides is 1. The van der Waals surface area contributed by atoms with Crippen LogP contribution in [0.15, 0.2) is 0 Å². The van der Waals surface area contributed by atoms with Crippen molar-refractivity contribution in [3.8, 4) is 0 Å². The Morgan fingerprint density at radius 1 is 1.29 bits per heavy atom. The predicted molar refractivity (Wildman–Crippen MR) is 86.0 cm³/mol. The molecule has 21 heavy (non-hydrogen) atoms. The molecule has 5 nitrogen and oxygen atoms in total. The second-order valence-electron chi connectivity index (χ2n) is 6.33.